The Morgan fingerprint density at radius 1 is 1.06 bits per heavy atom. The molecule has 0 aliphatic carbocycles. The minimum Gasteiger partial charge on any atom is -0.307 e. The molecule has 0 atom stereocenters. The summed E-state index contributed by atoms with van der Waals surface area (Å²) in [5, 5.41) is 4.92. The first-order valence-electron chi connectivity index (χ1n) is 6.26. The van der Waals surface area contributed by atoms with Crippen LogP contribution < -0.4 is 5.32 Å². The third-order valence-electron chi connectivity index (χ3n) is 3.72. The maximum Gasteiger partial charge on any atom is 0.0637 e. The fourth-order valence-electron chi connectivity index (χ4n) is 2.09. The fourth-order valence-corrected chi connectivity index (χ4v) is 2.48. The van der Waals surface area contributed by atoms with Gasteiger partial charge in [-0.05, 0) is 30.9 Å². The average Bonchev–Trinajstić information content (AvgIpc) is 2.36. The standard InChI is InChI=1S/C14H21Cl2N/c1-4-14(5-2,6-3)17-10-11-8-7-9-12(15)13(11)16/h7-9,17H,4-6,10H2,1-3H3. The number of halogens is 2. The Balaban J connectivity index is 2.75. The van der Waals surface area contributed by atoms with E-state index in [0.29, 0.717) is 10.0 Å². The van der Waals surface area contributed by atoms with Crippen LogP contribution >= 0.6 is 23.2 Å². The van der Waals surface area contributed by atoms with Crippen LogP contribution in [0.25, 0.3) is 0 Å². The third-order valence-corrected chi connectivity index (χ3v) is 4.57. The van der Waals surface area contributed by atoms with Gasteiger partial charge in [0.05, 0.1) is 10.0 Å². The molecule has 0 heterocycles. The third kappa shape index (κ3) is 3.61. The zero-order valence-electron chi connectivity index (χ0n) is 10.8. The van der Waals surface area contributed by atoms with Crippen molar-refractivity contribution in [1.29, 1.82) is 0 Å². The van der Waals surface area contributed by atoms with Crippen molar-refractivity contribution >= 4 is 23.2 Å². The van der Waals surface area contributed by atoms with Crippen LogP contribution in [0.5, 0.6) is 0 Å². The Bertz CT molecular complexity index is 351. The van der Waals surface area contributed by atoms with E-state index < -0.39 is 0 Å². The van der Waals surface area contributed by atoms with Crippen molar-refractivity contribution in [3.05, 3.63) is 33.8 Å². The molecule has 0 fully saturated rings. The second-order valence-corrected chi connectivity index (χ2v) is 5.19. The predicted molar refractivity (Wildman–Crippen MR) is 76.9 cm³/mol. The Morgan fingerprint density at radius 2 is 1.65 bits per heavy atom. The molecule has 0 unspecified atom stereocenters. The number of nitrogens with one attached hydrogen (secondary N) is 1. The monoisotopic (exact) mass is 273 g/mol. The van der Waals surface area contributed by atoms with Crippen molar-refractivity contribution in [2.45, 2.75) is 52.1 Å². The second-order valence-electron chi connectivity index (χ2n) is 4.41. The molecule has 0 saturated heterocycles. The lowest BCUT2D eigenvalue weighted by atomic mass is 9.89. The van der Waals surface area contributed by atoms with E-state index in [9.17, 15) is 0 Å². The van der Waals surface area contributed by atoms with E-state index in [2.05, 4.69) is 26.1 Å². The van der Waals surface area contributed by atoms with Gasteiger partial charge in [-0.2, -0.15) is 0 Å². The zero-order chi connectivity index (χ0) is 12.9. The van der Waals surface area contributed by atoms with Gasteiger partial charge in [-0.15, -0.1) is 0 Å². The highest BCUT2D eigenvalue weighted by Gasteiger charge is 2.22. The summed E-state index contributed by atoms with van der Waals surface area (Å²) in [7, 11) is 0. The highest BCUT2D eigenvalue weighted by atomic mass is 35.5. The van der Waals surface area contributed by atoms with Gasteiger partial charge in [0.25, 0.3) is 0 Å². The molecule has 0 bridgehead atoms. The largest absolute Gasteiger partial charge is 0.307 e. The Kier molecular flexibility index (Phi) is 5.78. The molecular formula is C14H21Cl2N. The quantitative estimate of drug-likeness (QED) is 0.765. The van der Waals surface area contributed by atoms with E-state index in [1.807, 2.05) is 18.2 Å². The molecule has 17 heavy (non-hydrogen) atoms. The fraction of sp³-hybridized carbons (Fsp3) is 0.571. The molecule has 0 aliphatic rings. The van der Waals surface area contributed by atoms with Crippen LogP contribution in [0.15, 0.2) is 18.2 Å². The summed E-state index contributed by atoms with van der Waals surface area (Å²) in [6.07, 6.45) is 3.37. The molecular weight excluding hydrogens is 253 g/mol. The first-order valence-corrected chi connectivity index (χ1v) is 7.02. The normalized spacial score (nSPS) is 11.8. The van der Waals surface area contributed by atoms with Crippen molar-refractivity contribution in [2.24, 2.45) is 0 Å². The molecule has 1 nitrogen and oxygen atoms in total. The predicted octanol–water partition coefficient (Wildman–Crippen LogP) is 5.05. The maximum atomic E-state index is 6.18. The number of hydrogen-bond donors (Lipinski definition) is 1. The first-order chi connectivity index (χ1) is 8.08. The van der Waals surface area contributed by atoms with Gasteiger partial charge in [0.2, 0.25) is 0 Å². The van der Waals surface area contributed by atoms with Crippen molar-refractivity contribution in [2.75, 3.05) is 0 Å². The van der Waals surface area contributed by atoms with Crippen LogP contribution in [-0.4, -0.2) is 5.54 Å². The van der Waals surface area contributed by atoms with Gasteiger partial charge >= 0.3 is 0 Å². The minimum atomic E-state index is 0.214. The summed E-state index contributed by atoms with van der Waals surface area (Å²) < 4.78 is 0. The van der Waals surface area contributed by atoms with Gasteiger partial charge in [0.15, 0.2) is 0 Å². The topological polar surface area (TPSA) is 12.0 Å². The maximum absolute atomic E-state index is 6.18. The smallest absolute Gasteiger partial charge is 0.0637 e. The molecule has 1 N–H and O–H groups in total. The van der Waals surface area contributed by atoms with E-state index >= 15 is 0 Å². The van der Waals surface area contributed by atoms with E-state index in [-0.39, 0.29) is 5.54 Å². The first kappa shape index (κ1) is 14.8. The molecule has 0 saturated carbocycles. The molecule has 0 aliphatic heterocycles. The number of rotatable bonds is 6. The summed E-state index contributed by atoms with van der Waals surface area (Å²) in [5.41, 5.74) is 1.28. The van der Waals surface area contributed by atoms with E-state index in [1.165, 1.54) is 0 Å². The SMILES string of the molecule is CCC(CC)(CC)NCc1cccc(Cl)c1Cl. The van der Waals surface area contributed by atoms with Crippen LogP contribution in [0.2, 0.25) is 10.0 Å². The summed E-state index contributed by atoms with van der Waals surface area (Å²) >= 11 is 12.2. The molecule has 1 aromatic rings. The Morgan fingerprint density at radius 3 is 2.18 bits per heavy atom. The lowest BCUT2D eigenvalue weighted by Gasteiger charge is -2.32. The van der Waals surface area contributed by atoms with Crippen molar-refractivity contribution < 1.29 is 0 Å². The van der Waals surface area contributed by atoms with Gasteiger partial charge in [0.1, 0.15) is 0 Å². The van der Waals surface area contributed by atoms with Crippen molar-refractivity contribution in [3.63, 3.8) is 0 Å². The highest BCUT2D eigenvalue weighted by molar-refractivity contribution is 6.42. The summed E-state index contributed by atoms with van der Waals surface area (Å²) in [4.78, 5) is 0. The summed E-state index contributed by atoms with van der Waals surface area (Å²) in [6, 6.07) is 5.78. The van der Waals surface area contributed by atoms with E-state index in [0.717, 1.165) is 31.4 Å². The molecule has 1 rings (SSSR count). The molecule has 0 radical (unpaired) electrons. The highest BCUT2D eigenvalue weighted by Crippen LogP contribution is 2.27. The Hall–Kier alpha value is -0.240. The van der Waals surface area contributed by atoms with Gasteiger partial charge in [0, 0.05) is 12.1 Å². The van der Waals surface area contributed by atoms with Crippen molar-refractivity contribution in [3.8, 4) is 0 Å². The zero-order valence-corrected chi connectivity index (χ0v) is 12.3. The molecule has 0 aromatic heterocycles. The summed E-state index contributed by atoms with van der Waals surface area (Å²) in [6.45, 7) is 7.44. The molecule has 0 amide bonds. The molecule has 1 aromatic carbocycles. The van der Waals surface area contributed by atoms with Crippen LogP contribution in [0.4, 0.5) is 0 Å². The summed E-state index contributed by atoms with van der Waals surface area (Å²) in [5.74, 6) is 0. The lowest BCUT2D eigenvalue weighted by molar-refractivity contribution is 0.288. The van der Waals surface area contributed by atoms with Crippen molar-refractivity contribution in [1.82, 2.24) is 5.32 Å². The Labute approximate surface area is 115 Å². The lowest BCUT2D eigenvalue weighted by Crippen LogP contribution is -2.43. The van der Waals surface area contributed by atoms with Crippen LogP contribution in [-0.2, 0) is 6.54 Å². The molecule has 0 spiro atoms. The molecule has 3 heteroatoms. The van der Waals surface area contributed by atoms with Crippen LogP contribution in [0, 0.1) is 0 Å². The van der Waals surface area contributed by atoms with Gasteiger partial charge < -0.3 is 5.32 Å². The minimum absolute atomic E-state index is 0.214. The van der Waals surface area contributed by atoms with E-state index in [4.69, 9.17) is 23.2 Å². The van der Waals surface area contributed by atoms with Crippen LogP contribution in [0.3, 0.4) is 0 Å². The van der Waals surface area contributed by atoms with Crippen LogP contribution in [0.1, 0.15) is 45.6 Å². The van der Waals surface area contributed by atoms with Gasteiger partial charge in [-0.25, -0.2) is 0 Å². The second kappa shape index (κ2) is 6.63. The van der Waals surface area contributed by atoms with E-state index in [1.54, 1.807) is 0 Å². The average molecular weight is 274 g/mol. The number of benzene rings is 1. The van der Waals surface area contributed by atoms with Gasteiger partial charge in [-0.1, -0.05) is 56.1 Å². The number of hydrogen-bond acceptors (Lipinski definition) is 1. The van der Waals surface area contributed by atoms with Gasteiger partial charge in [-0.3, -0.25) is 0 Å². The molecule has 96 valence electrons.